The summed E-state index contributed by atoms with van der Waals surface area (Å²) in [6.07, 6.45) is 0. The molecule has 1 saturated heterocycles. The van der Waals surface area contributed by atoms with Gasteiger partial charge in [-0.3, -0.25) is 4.90 Å². The molecule has 0 aliphatic carbocycles. The largest absolute Gasteiger partial charge is 0.463 e. The highest BCUT2D eigenvalue weighted by atomic mass is 35.5. The van der Waals surface area contributed by atoms with Gasteiger partial charge < -0.3 is 19.2 Å². The number of benzene rings is 1. The van der Waals surface area contributed by atoms with Gasteiger partial charge in [0.25, 0.3) is 0 Å². The number of rotatable bonds is 7. The van der Waals surface area contributed by atoms with Gasteiger partial charge >= 0.3 is 5.97 Å². The Morgan fingerprint density at radius 1 is 1.27 bits per heavy atom. The Labute approximate surface area is 158 Å². The normalized spacial score (nSPS) is 16.4. The molecule has 3 rings (SSSR count). The molecule has 1 fully saturated rings. The third kappa shape index (κ3) is 4.65. The van der Waals surface area contributed by atoms with Crippen LogP contribution in [-0.2, 0) is 16.0 Å². The summed E-state index contributed by atoms with van der Waals surface area (Å²) in [5, 5.41) is 4.17. The first-order chi connectivity index (χ1) is 12.7. The lowest BCUT2D eigenvalue weighted by Gasteiger charge is -2.35. The predicted octanol–water partition coefficient (Wildman–Crippen LogP) is 2.88. The van der Waals surface area contributed by atoms with E-state index in [0.29, 0.717) is 18.8 Å². The zero-order valence-corrected chi connectivity index (χ0v) is 15.5. The number of carbonyl (C=O) groups excluding carboxylic acids is 1. The summed E-state index contributed by atoms with van der Waals surface area (Å²) < 4.78 is 15.6. The second-order valence-corrected chi connectivity index (χ2v) is 6.48. The maximum atomic E-state index is 11.5. The first-order valence-corrected chi connectivity index (χ1v) is 9.01. The van der Waals surface area contributed by atoms with Crippen LogP contribution in [0.5, 0.6) is 0 Å². The van der Waals surface area contributed by atoms with Crippen molar-refractivity contribution in [2.45, 2.75) is 12.6 Å². The molecule has 0 spiro atoms. The number of hydrogen-bond donors (Lipinski definition) is 1. The van der Waals surface area contributed by atoms with Crippen molar-refractivity contribution in [2.75, 3.05) is 40.0 Å². The van der Waals surface area contributed by atoms with E-state index in [1.165, 1.54) is 7.11 Å². The third-order valence-electron chi connectivity index (χ3n) is 4.44. The van der Waals surface area contributed by atoms with Gasteiger partial charge in [-0.25, -0.2) is 4.79 Å². The van der Waals surface area contributed by atoms with Gasteiger partial charge in [-0.05, 0) is 23.8 Å². The summed E-state index contributed by atoms with van der Waals surface area (Å²) in [4.78, 5) is 13.8. The first kappa shape index (κ1) is 18.9. The summed E-state index contributed by atoms with van der Waals surface area (Å²) in [6, 6.07) is 11.5. The molecule has 1 N–H and O–H groups in total. The van der Waals surface area contributed by atoms with Gasteiger partial charge in [0.05, 0.1) is 26.9 Å². The Kier molecular flexibility index (Phi) is 6.68. The van der Waals surface area contributed by atoms with E-state index < -0.39 is 5.97 Å². The zero-order chi connectivity index (χ0) is 18.4. The van der Waals surface area contributed by atoms with E-state index in [2.05, 4.69) is 21.0 Å². The molecule has 0 saturated carbocycles. The summed E-state index contributed by atoms with van der Waals surface area (Å²) >= 11 is 6.43. The van der Waals surface area contributed by atoms with Crippen LogP contribution >= 0.6 is 11.6 Å². The van der Waals surface area contributed by atoms with Crippen LogP contribution in [0, 0.1) is 0 Å². The monoisotopic (exact) mass is 378 g/mol. The average molecular weight is 379 g/mol. The van der Waals surface area contributed by atoms with E-state index in [1.807, 2.05) is 18.2 Å². The molecule has 1 atom stereocenters. The van der Waals surface area contributed by atoms with Gasteiger partial charge in [-0.2, -0.15) is 0 Å². The smallest absolute Gasteiger partial charge is 0.373 e. The fraction of sp³-hybridized carbons (Fsp3) is 0.421. The van der Waals surface area contributed by atoms with Crippen molar-refractivity contribution in [2.24, 2.45) is 0 Å². The van der Waals surface area contributed by atoms with E-state index >= 15 is 0 Å². The molecule has 1 aliphatic rings. The highest BCUT2D eigenvalue weighted by Crippen LogP contribution is 2.27. The quantitative estimate of drug-likeness (QED) is 0.747. The van der Waals surface area contributed by atoms with Crippen LogP contribution in [0.2, 0.25) is 5.02 Å². The number of nitrogens with zero attached hydrogens (tertiary/aromatic N) is 1. The van der Waals surface area contributed by atoms with Gasteiger partial charge in [0.1, 0.15) is 5.76 Å². The van der Waals surface area contributed by atoms with Crippen molar-refractivity contribution in [3.8, 4) is 0 Å². The molecule has 1 unspecified atom stereocenters. The number of nitrogens with one attached hydrogen (secondary N) is 1. The number of methoxy groups -OCH3 is 1. The molecule has 26 heavy (non-hydrogen) atoms. The fourth-order valence-electron chi connectivity index (χ4n) is 3.09. The van der Waals surface area contributed by atoms with Crippen LogP contribution in [0.1, 0.15) is 27.9 Å². The van der Waals surface area contributed by atoms with Gasteiger partial charge in [0.15, 0.2) is 0 Å². The molecule has 140 valence electrons. The van der Waals surface area contributed by atoms with Crippen molar-refractivity contribution in [1.82, 2.24) is 10.2 Å². The molecule has 2 aromatic rings. The summed E-state index contributed by atoms with van der Waals surface area (Å²) in [5.41, 5.74) is 1.10. The van der Waals surface area contributed by atoms with Crippen molar-refractivity contribution in [1.29, 1.82) is 0 Å². The molecule has 1 aromatic heterocycles. The molecule has 1 aromatic carbocycles. The molecular formula is C19H23ClN2O4. The van der Waals surface area contributed by atoms with Gasteiger partial charge in [0.2, 0.25) is 5.76 Å². The highest BCUT2D eigenvalue weighted by molar-refractivity contribution is 6.31. The summed E-state index contributed by atoms with van der Waals surface area (Å²) in [6.45, 7) is 4.40. The SMILES string of the molecule is COC(=O)c1ccc(CNCC(c2ccccc2Cl)N2CCOCC2)o1. The number of morpholine rings is 1. The molecule has 1 aliphatic heterocycles. The van der Waals surface area contributed by atoms with Crippen molar-refractivity contribution in [3.05, 3.63) is 58.5 Å². The number of hydrogen-bond acceptors (Lipinski definition) is 6. The van der Waals surface area contributed by atoms with Crippen molar-refractivity contribution in [3.63, 3.8) is 0 Å². The Morgan fingerprint density at radius 2 is 2.04 bits per heavy atom. The predicted molar refractivity (Wildman–Crippen MR) is 98.3 cm³/mol. The zero-order valence-electron chi connectivity index (χ0n) is 14.7. The Hall–Kier alpha value is -1.86. The first-order valence-electron chi connectivity index (χ1n) is 8.63. The number of esters is 1. The maximum Gasteiger partial charge on any atom is 0.373 e. The van der Waals surface area contributed by atoms with Crippen molar-refractivity contribution < 1.29 is 18.7 Å². The summed E-state index contributed by atoms with van der Waals surface area (Å²) in [5.74, 6) is 0.420. The molecule has 0 radical (unpaired) electrons. The lowest BCUT2D eigenvalue weighted by Crippen LogP contribution is -2.42. The number of furan rings is 1. The molecule has 0 amide bonds. The molecule has 2 heterocycles. The van der Waals surface area contributed by atoms with E-state index in [0.717, 1.165) is 36.9 Å². The number of carbonyl (C=O) groups is 1. The van der Waals surface area contributed by atoms with Gasteiger partial charge in [-0.1, -0.05) is 29.8 Å². The van der Waals surface area contributed by atoms with E-state index in [4.69, 9.17) is 20.8 Å². The molecule has 6 nitrogen and oxygen atoms in total. The molecular weight excluding hydrogens is 356 g/mol. The van der Waals surface area contributed by atoms with Crippen LogP contribution in [0.3, 0.4) is 0 Å². The number of halogens is 1. The third-order valence-corrected chi connectivity index (χ3v) is 4.78. The topological polar surface area (TPSA) is 63.9 Å². The summed E-state index contributed by atoms with van der Waals surface area (Å²) in [7, 11) is 1.33. The average Bonchev–Trinajstić information content (AvgIpc) is 3.15. The lowest BCUT2D eigenvalue weighted by molar-refractivity contribution is 0.0160. The van der Waals surface area contributed by atoms with Crippen LogP contribution in [-0.4, -0.2) is 50.8 Å². The van der Waals surface area contributed by atoms with E-state index in [9.17, 15) is 4.79 Å². The van der Waals surface area contributed by atoms with Crippen LogP contribution < -0.4 is 5.32 Å². The Balaban J connectivity index is 1.65. The maximum absolute atomic E-state index is 11.5. The Bertz CT molecular complexity index is 728. The molecule has 0 bridgehead atoms. The minimum absolute atomic E-state index is 0.141. The second-order valence-electron chi connectivity index (χ2n) is 6.07. The Morgan fingerprint density at radius 3 is 2.77 bits per heavy atom. The van der Waals surface area contributed by atoms with Crippen molar-refractivity contribution >= 4 is 17.6 Å². The van der Waals surface area contributed by atoms with Crippen LogP contribution in [0.4, 0.5) is 0 Å². The fourth-order valence-corrected chi connectivity index (χ4v) is 3.35. The minimum atomic E-state index is -0.474. The lowest BCUT2D eigenvalue weighted by atomic mass is 10.0. The molecule has 7 heteroatoms. The highest BCUT2D eigenvalue weighted by Gasteiger charge is 2.24. The van der Waals surface area contributed by atoms with Crippen LogP contribution in [0.25, 0.3) is 0 Å². The standard InChI is InChI=1S/C19H23ClN2O4/c1-24-19(23)18-7-6-14(26-18)12-21-13-17(22-8-10-25-11-9-22)15-4-2-3-5-16(15)20/h2-7,17,21H,8-13H2,1H3. The minimum Gasteiger partial charge on any atom is -0.463 e. The number of ether oxygens (including phenoxy) is 2. The van der Waals surface area contributed by atoms with Gasteiger partial charge in [0, 0.05) is 30.7 Å². The van der Waals surface area contributed by atoms with Crippen LogP contribution in [0.15, 0.2) is 40.8 Å². The second kappa shape index (κ2) is 9.19. The van der Waals surface area contributed by atoms with E-state index in [1.54, 1.807) is 12.1 Å². The van der Waals surface area contributed by atoms with Gasteiger partial charge in [-0.15, -0.1) is 0 Å². The van der Waals surface area contributed by atoms with E-state index in [-0.39, 0.29) is 11.8 Å².